The molecule has 0 spiro atoms. The van der Waals surface area contributed by atoms with Crippen LogP contribution in [0.2, 0.25) is 0 Å². The molecule has 0 bridgehead atoms. The van der Waals surface area contributed by atoms with Gasteiger partial charge in [0.05, 0.1) is 0 Å². The van der Waals surface area contributed by atoms with Crippen LogP contribution in [0.5, 0.6) is 0 Å². The zero-order valence-electron chi connectivity index (χ0n) is 14.8. The highest BCUT2D eigenvalue weighted by Gasteiger charge is 2.16. The van der Waals surface area contributed by atoms with Crippen molar-refractivity contribution in [3.05, 3.63) is 63.6 Å². The third kappa shape index (κ3) is 4.73. The van der Waals surface area contributed by atoms with E-state index in [0.717, 1.165) is 22.9 Å². The maximum atomic E-state index is 12.3. The minimum Gasteiger partial charge on any atom is -0.349 e. The Bertz CT molecular complexity index is 796. The quantitative estimate of drug-likeness (QED) is 0.733. The minimum atomic E-state index is -0.176. The first-order valence-electron chi connectivity index (χ1n) is 9.01. The van der Waals surface area contributed by atoms with Gasteiger partial charge in [-0.2, -0.15) is 0 Å². The average Bonchev–Trinajstić information content (AvgIpc) is 2.65. The third-order valence-electron chi connectivity index (χ3n) is 4.78. The Morgan fingerprint density at radius 2 is 1.58 bits per heavy atom. The molecule has 2 amide bonds. The van der Waals surface area contributed by atoms with Gasteiger partial charge in [-0.25, -0.2) is 0 Å². The van der Waals surface area contributed by atoms with E-state index in [9.17, 15) is 9.59 Å². The van der Waals surface area contributed by atoms with Crippen LogP contribution < -0.4 is 10.6 Å². The molecule has 0 heterocycles. The van der Waals surface area contributed by atoms with Crippen LogP contribution >= 0.6 is 15.9 Å². The highest BCUT2D eigenvalue weighted by Crippen LogP contribution is 2.20. The summed E-state index contributed by atoms with van der Waals surface area (Å²) in [5.74, 6) is -0.220. The molecular formula is C21H23BrN2O2. The van der Waals surface area contributed by atoms with E-state index >= 15 is 0 Å². The average molecular weight is 415 g/mol. The van der Waals surface area contributed by atoms with Crippen molar-refractivity contribution in [3.8, 4) is 0 Å². The van der Waals surface area contributed by atoms with Crippen LogP contribution in [-0.4, -0.2) is 17.9 Å². The van der Waals surface area contributed by atoms with Gasteiger partial charge in [-0.1, -0.05) is 41.3 Å². The molecule has 0 radical (unpaired) electrons. The Balaban J connectivity index is 1.60. The molecule has 2 N–H and O–H groups in total. The third-order valence-corrected chi connectivity index (χ3v) is 5.63. The first-order chi connectivity index (χ1) is 12.5. The number of rotatable bonds is 4. The number of carbonyl (C=O) groups excluding carboxylic acids is 2. The van der Waals surface area contributed by atoms with Crippen LogP contribution in [0.25, 0.3) is 0 Å². The number of hydrogen-bond donors (Lipinski definition) is 2. The first kappa shape index (κ1) is 18.6. The molecule has 1 saturated carbocycles. The molecule has 5 heteroatoms. The molecular weight excluding hydrogens is 392 g/mol. The van der Waals surface area contributed by atoms with Crippen molar-refractivity contribution in [1.29, 1.82) is 0 Å². The number of halogens is 1. The van der Waals surface area contributed by atoms with E-state index in [0.29, 0.717) is 16.8 Å². The molecule has 4 nitrogen and oxygen atoms in total. The maximum Gasteiger partial charge on any atom is 0.255 e. The van der Waals surface area contributed by atoms with E-state index in [1.54, 1.807) is 36.4 Å². The fourth-order valence-corrected chi connectivity index (χ4v) is 3.54. The lowest BCUT2D eigenvalue weighted by atomic mass is 9.95. The molecule has 2 aromatic carbocycles. The molecule has 0 aliphatic heterocycles. The Morgan fingerprint density at radius 1 is 0.923 bits per heavy atom. The van der Waals surface area contributed by atoms with Gasteiger partial charge in [0.25, 0.3) is 11.8 Å². The van der Waals surface area contributed by atoms with E-state index in [-0.39, 0.29) is 17.9 Å². The molecule has 0 aromatic heterocycles. The normalized spacial score (nSPS) is 14.7. The topological polar surface area (TPSA) is 58.2 Å². The lowest BCUT2D eigenvalue weighted by Gasteiger charge is -2.22. The molecule has 2 aromatic rings. The standard InChI is InChI=1S/C21H23BrN2O2/c1-14-7-8-16(13-19(14)22)21(26)24-18-11-9-15(10-12-18)20(25)23-17-5-3-2-4-6-17/h7-13,17H,2-6H2,1H3,(H,23,25)(H,24,26). The van der Waals surface area contributed by atoms with Crippen LogP contribution in [0.15, 0.2) is 46.9 Å². The van der Waals surface area contributed by atoms with Crippen molar-refractivity contribution in [2.45, 2.75) is 45.1 Å². The molecule has 0 atom stereocenters. The minimum absolute atomic E-state index is 0.0442. The highest BCUT2D eigenvalue weighted by molar-refractivity contribution is 9.10. The maximum absolute atomic E-state index is 12.3. The SMILES string of the molecule is Cc1ccc(C(=O)Nc2ccc(C(=O)NC3CCCCC3)cc2)cc1Br. The summed E-state index contributed by atoms with van der Waals surface area (Å²) in [5.41, 5.74) is 2.95. The first-order valence-corrected chi connectivity index (χ1v) is 9.80. The second kappa shape index (κ2) is 8.49. The summed E-state index contributed by atoms with van der Waals surface area (Å²) in [6, 6.07) is 12.8. The molecule has 1 aliphatic rings. The van der Waals surface area contributed by atoms with E-state index in [1.807, 2.05) is 13.0 Å². The summed E-state index contributed by atoms with van der Waals surface area (Å²) < 4.78 is 0.903. The van der Waals surface area contributed by atoms with Gasteiger partial charge in [-0.05, 0) is 61.7 Å². The Kier molecular flexibility index (Phi) is 6.09. The van der Waals surface area contributed by atoms with E-state index in [4.69, 9.17) is 0 Å². The van der Waals surface area contributed by atoms with Crippen molar-refractivity contribution in [3.63, 3.8) is 0 Å². The zero-order valence-corrected chi connectivity index (χ0v) is 16.4. The van der Waals surface area contributed by atoms with E-state index in [1.165, 1.54) is 19.3 Å². The Morgan fingerprint density at radius 3 is 2.23 bits per heavy atom. The van der Waals surface area contributed by atoms with Gasteiger partial charge in [0.1, 0.15) is 0 Å². The number of carbonyl (C=O) groups is 2. The second-order valence-electron chi connectivity index (χ2n) is 6.80. The van der Waals surface area contributed by atoms with Gasteiger partial charge in [-0.15, -0.1) is 0 Å². The van der Waals surface area contributed by atoms with Crippen molar-refractivity contribution in [1.82, 2.24) is 5.32 Å². The number of aryl methyl sites for hydroxylation is 1. The molecule has 3 rings (SSSR count). The fourth-order valence-electron chi connectivity index (χ4n) is 3.16. The van der Waals surface area contributed by atoms with Gasteiger partial charge in [0.15, 0.2) is 0 Å². The van der Waals surface area contributed by atoms with Crippen molar-refractivity contribution in [2.24, 2.45) is 0 Å². The van der Waals surface area contributed by atoms with Crippen LogP contribution in [0, 0.1) is 6.92 Å². The zero-order chi connectivity index (χ0) is 18.5. The Hall–Kier alpha value is -2.14. The summed E-state index contributed by atoms with van der Waals surface area (Å²) in [6.45, 7) is 1.98. The molecule has 0 saturated heterocycles. The van der Waals surface area contributed by atoms with Gasteiger partial charge in [-0.3, -0.25) is 9.59 Å². The predicted octanol–water partition coefficient (Wildman–Crippen LogP) is 5.07. The molecule has 1 fully saturated rings. The smallest absolute Gasteiger partial charge is 0.255 e. The number of benzene rings is 2. The van der Waals surface area contributed by atoms with Gasteiger partial charge < -0.3 is 10.6 Å². The lowest BCUT2D eigenvalue weighted by molar-refractivity contribution is 0.0927. The molecule has 0 unspecified atom stereocenters. The van der Waals surface area contributed by atoms with Gasteiger partial charge in [0.2, 0.25) is 0 Å². The van der Waals surface area contributed by atoms with Gasteiger partial charge >= 0.3 is 0 Å². The summed E-state index contributed by atoms with van der Waals surface area (Å²) >= 11 is 3.44. The van der Waals surface area contributed by atoms with Crippen LogP contribution in [0.3, 0.4) is 0 Å². The Labute approximate surface area is 162 Å². The highest BCUT2D eigenvalue weighted by atomic mass is 79.9. The largest absolute Gasteiger partial charge is 0.349 e. The van der Waals surface area contributed by atoms with Crippen LogP contribution in [0.4, 0.5) is 5.69 Å². The van der Waals surface area contributed by atoms with Crippen LogP contribution in [0.1, 0.15) is 58.4 Å². The van der Waals surface area contributed by atoms with E-state index in [2.05, 4.69) is 26.6 Å². The number of anilines is 1. The number of amides is 2. The summed E-state index contributed by atoms with van der Waals surface area (Å²) in [7, 11) is 0. The monoisotopic (exact) mass is 414 g/mol. The van der Waals surface area contributed by atoms with Crippen molar-refractivity contribution >= 4 is 33.4 Å². The second-order valence-corrected chi connectivity index (χ2v) is 7.66. The number of nitrogens with one attached hydrogen (secondary N) is 2. The summed E-state index contributed by atoms with van der Waals surface area (Å²) in [4.78, 5) is 24.7. The molecule has 26 heavy (non-hydrogen) atoms. The van der Waals surface area contributed by atoms with Crippen LogP contribution in [-0.2, 0) is 0 Å². The molecule has 1 aliphatic carbocycles. The summed E-state index contributed by atoms with van der Waals surface area (Å²) in [5, 5.41) is 5.96. The predicted molar refractivity (Wildman–Crippen MR) is 108 cm³/mol. The van der Waals surface area contributed by atoms with Gasteiger partial charge in [0, 0.05) is 27.3 Å². The molecule has 136 valence electrons. The lowest BCUT2D eigenvalue weighted by Crippen LogP contribution is -2.36. The van der Waals surface area contributed by atoms with E-state index < -0.39 is 0 Å². The number of hydrogen-bond acceptors (Lipinski definition) is 2. The van der Waals surface area contributed by atoms with Crippen molar-refractivity contribution in [2.75, 3.05) is 5.32 Å². The van der Waals surface area contributed by atoms with Crippen molar-refractivity contribution < 1.29 is 9.59 Å². The summed E-state index contributed by atoms with van der Waals surface area (Å²) in [6.07, 6.45) is 5.76. The fraction of sp³-hybridized carbons (Fsp3) is 0.333.